The third kappa shape index (κ3) is 4.91. The fraction of sp³-hybridized carbons (Fsp3) is 0.368. The molecular formula is C19H25NO. The van der Waals surface area contributed by atoms with Crippen LogP contribution in [0.5, 0.6) is 5.75 Å². The minimum atomic E-state index is 0.331. The minimum Gasteiger partial charge on any atom is -0.508 e. The van der Waals surface area contributed by atoms with Gasteiger partial charge in [0.2, 0.25) is 0 Å². The molecule has 0 amide bonds. The van der Waals surface area contributed by atoms with E-state index in [0.717, 1.165) is 12.8 Å². The van der Waals surface area contributed by atoms with Crippen molar-refractivity contribution in [2.45, 2.75) is 45.7 Å². The van der Waals surface area contributed by atoms with Gasteiger partial charge < -0.3 is 10.4 Å². The summed E-state index contributed by atoms with van der Waals surface area (Å²) in [5, 5.41) is 12.9. The summed E-state index contributed by atoms with van der Waals surface area (Å²) in [5.41, 5.74) is 3.91. The SMILES string of the molecule is Cc1cccc([C@@H](C)NC(C)CCc2ccc(O)cc2)c1. The van der Waals surface area contributed by atoms with Crippen LogP contribution in [0.2, 0.25) is 0 Å². The number of hydrogen-bond donors (Lipinski definition) is 2. The van der Waals surface area contributed by atoms with E-state index in [1.54, 1.807) is 12.1 Å². The number of phenols is 1. The Morgan fingerprint density at radius 1 is 1.05 bits per heavy atom. The van der Waals surface area contributed by atoms with E-state index >= 15 is 0 Å². The third-order valence-corrected chi connectivity index (χ3v) is 3.88. The van der Waals surface area contributed by atoms with Crippen LogP contribution in [0.25, 0.3) is 0 Å². The first-order valence-corrected chi connectivity index (χ1v) is 7.65. The van der Waals surface area contributed by atoms with E-state index in [1.807, 2.05) is 12.1 Å². The summed E-state index contributed by atoms with van der Waals surface area (Å²) in [6, 6.07) is 17.0. The maximum Gasteiger partial charge on any atom is 0.115 e. The normalized spacial score (nSPS) is 13.9. The van der Waals surface area contributed by atoms with E-state index in [4.69, 9.17) is 0 Å². The maximum atomic E-state index is 9.29. The van der Waals surface area contributed by atoms with Gasteiger partial charge >= 0.3 is 0 Å². The quantitative estimate of drug-likeness (QED) is 0.825. The molecule has 0 aliphatic rings. The maximum absolute atomic E-state index is 9.29. The van der Waals surface area contributed by atoms with Crippen LogP contribution in [-0.2, 0) is 6.42 Å². The van der Waals surface area contributed by atoms with E-state index < -0.39 is 0 Å². The number of aryl methyl sites for hydroxylation is 2. The monoisotopic (exact) mass is 283 g/mol. The Labute approximate surface area is 127 Å². The Hall–Kier alpha value is -1.80. The van der Waals surface area contributed by atoms with Gasteiger partial charge in [0.25, 0.3) is 0 Å². The lowest BCUT2D eigenvalue weighted by molar-refractivity contribution is 0.455. The van der Waals surface area contributed by atoms with Crippen molar-refractivity contribution >= 4 is 0 Å². The highest BCUT2D eigenvalue weighted by Crippen LogP contribution is 2.16. The van der Waals surface area contributed by atoms with Gasteiger partial charge in [0, 0.05) is 12.1 Å². The van der Waals surface area contributed by atoms with Crippen LogP contribution in [0.1, 0.15) is 43.0 Å². The molecule has 2 aromatic carbocycles. The predicted octanol–water partition coefficient (Wildman–Crippen LogP) is 4.37. The molecule has 0 bridgehead atoms. The first kappa shape index (κ1) is 15.6. The molecule has 0 aromatic heterocycles. The molecule has 0 saturated heterocycles. The molecule has 21 heavy (non-hydrogen) atoms. The van der Waals surface area contributed by atoms with Gasteiger partial charge in [-0.05, 0) is 56.9 Å². The molecule has 2 atom stereocenters. The van der Waals surface area contributed by atoms with Crippen molar-refractivity contribution in [3.05, 3.63) is 65.2 Å². The largest absolute Gasteiger partial charge is 0.508 e. The van der Waals surface area contributed by atoms with Crippen molar-refractivity contribution in [1.82, 2.24) is 5.32 Å². The molecule has 112 valence electrons. The second-order valence-corrected chi connectivity index (χ2v) is 5.91. The van der Waals surface area contributed by atoms with Crippen molar-refractivity contribution in [3.63, 3.8) is 0 Å². The molecule has 2 aromatic rings. The topological polar surface area (TPSA) is 32.3 Å². The Balaban J connectivity index is 1.83. The van der Waals surface area contributed by atoms with E-state index in [2.05, 4.69) is 50.4 Å². The Morgan fingerprint density at radius 3 is 2.43 bits per heavy atom. The number of benzene rings is 2. The molecule has 0 fully saturated rings. The lowest BCUT2D eigenvalue weighted by atomic mass is 10.0. The summed E-state index contributed by atoms with van der Waals surface area (Å²) >= 11 is 0. The van der Waals surface area contributed by atoms with Crippen molar-refractivity contribution in [2.24, 2.45) is 0 Å². The van der Waals surface area contributed by atoms with Crippen molar-refractivity contribution in [3.8, 4) is 5.75 Å². The fourth-order valence-corrected chi connectivity index (χ4v) is 2.59. The van der Waals surface area contributed by atoms with Gasteiger partial charge in [0.05, 0.1) is 0 Å². The highest BCUT2D eigenvalue weighted by atomic mass is 16.3. The number of nitrogens with one attached hydrogen (secondary N) is 1. The summed E-state index contributed by atoms with van der Waals surface area (Å²) < 4.78 is 0. The summed E-state index contributed by atoms with van der Waals surface area (Å²) in [4.78, 5) is 0. The van der Waals surface area contributed by atoms with Crippen LogP contribution >= 0.6 is 0 Å². The zero-order valence-electron chi connectivity index (χ0n) is 13.1. The average Bonchev–Trinajstić information content (AvgIpc) is 2.46. The lowest BCUT2D eigenvalue weighted by Crippen LogP contribution is -2.29. The number of rotatable bonds is 6. The first-order chi connectivity index (χ1) is 10.0. The van der Waals surface area contributed by atoms with E-state index in [1.165, 1.54) is 16.7 Å². The second kappa shape index (κ2) is 7.28. The fourth-order valence-electron chi connectivity index (χ4n) is 2.59. The average molecular weight is 283 g/mol. The summed E-state index contributed by atoms with van der Waals surface area (Å²) in [6.45, 7) is 6.57. The van der Waals surface area contributed by atoms with Crippen molar-refractivity contribution in [2.75, 3.05) is 0 Å². The van der Waals surface area contributed by atoms with Gasteiger partial charge in [-0.25, -0.2) is 0 Å². The lowest BCUT2D eigenvalue weighted by Gasteiger charge is -2.21. The first-order valence-electron chi connectivity index (χ1n) is 7.65. The zero-order chi connectivity index (χ0) is 15.2. The van der Waals surface area contributed by atoms with Gasteiger partial charge in [0.15, 0.2) is 0 Å². The van der Waals surface area contributed by atoms with Crippen LogP contribution in [0.15, 0.2) is 48.5 Å². The van der Waals surface area contributed by atoms with Gasteiger partial charge in [0.1, 0.15) is 5.75 Å². The van der Waals surface area contributed by atoms with Gasteiger partial charge in [-0.2, -0.15) is 0 Å². The van der Waals surface area contributed by atoms with E-state index in [0.29, 0.717) is 17.8 Å². The van der Waals surface area contributed by atoms with Crippen LogP contribution < -0.4 is 5.32 Å². The number of aromatic hydroxyl groups is 1. The molecule has 0 saturated carbocycles. The van der Waals surface area contributed by atoms with Gasteiger partial charge in [-0.3, -0.25) is 0 Å². The molecule has 2 N–H and O–H groups in total. The second-order valence-electron chi connectivity index (χ2n) is 5.91. The van der Waals surface area contributed by atoms with Crippen molar-refractivity contribution in [1.29, 1.82) is 0 Å². The third-order valence-electron chi connectivity index (χ3n) is 3.88. The molecule has 2 heteroatoms. The zero-order valence-corrected chi connectivity index (χ0v) is 13.1. The van der Waals surface area contributed by atoms with Crippen LogP contribution in [0.3, 0.4) is 0 Å². The Bertz CT molecular complexity index is 562. The molecular weight excluding hydrogens is 258 g/mol. The number of hydrogen-bond acceptors (Lipinski definition) is 2. The number of phenolic OH excluding ortho intramolecular Hbond substituents is 1. The summed E-state index contributed by atoms with van der Waals surface area (Å²) in [7, 11) is 0. The van der Waals surface area contributed by atoms with Gasteiger partial charge in [-0.15, -0.1) is 0 Å². The molecule has 1 unspecified atom stereocenters. The molecule has 0 heterocycles. The highest BCUT2D eigenvalue weighted by Gasteiger charge is 2.09. The van der Waals surface area contributed by atoms with E-state index in [-0.39, 0.29) is 0 Å². The molecule has 2 rings (SSSR count). The standard InChI is InChI=1S/C19H25NO/c1-14-5-4-6-18(13-14)16(3)20-15(2)7-8-17-9-11-19(21)12-10-17/h4-6,9-13,15-16,20-21H,7-8H2,1-3H3/t15?,16-/m1/s1. The minimum absolute atomic E-state index is 0.331. The molecule has 0 spiro atoms. The Morgan fingerprint density at radius 2 is 1.76 bits per heavy atom. The highest BCUT2D eigenvalue weighted by molar-refractivity contribution is 5.26. The Kier molecular flexibility index (Phi) is 5.40. The summed E-state index contributed by atoms with van der Waals surface area (Å²) in [5.74, 6) is 0.331. The molecule has 0 aliphatic heterocycles. The van der Waals surface area contributed by atoms with Crippen LogP contribution in [-0.4, -0.2) is 11.1 Å². The smallest absolute Gasteiger partial charge is 0.115 e. The summed E-state index contributed by atoms with van der Waals surface area (Å²) in [6.07, 6.45) is 2.11. The molecule has 2 nitrogen and oxygen atoms in total. The van der Waals surface area contributed by atoms with E-state index in [9.17, 15) is 5.11 Å². The molecule has 0 aliphatic carbocycles. The van der Waals surface area contributed by atoms with Crippen LogP contribution in [0.4, 0.5) is 0 Å². The van der Waals surface area contributed by atoms with Crippen LogP contribution in [0, 0.1) is 6.92 Å². The molecule has 0 radical (unpaired) electrons. The van der Waals surface area contributed by atoms with Crippen molar-refractivity contribution < 1.29 is 5.11 Å². The van der Waals surface area contributed by atoms with Gasteiger partial charge in [-0.1, -0.05) is 42.0 Å². The predicted molar refractivity (Wildman–Crippen MR) is 88.6 cm³/mol.